The summed E-state index contributed by atoms with van der Waals surface area (Å²) in [6.07, 6.45) is 1.93. The monoisotopic (exact) mass is 388 g/mol. The Hall–Kier alpha value is -2.57. The summed E-state index contributed by atoms with van der Waals surface area (Å²) in [4.78, 5) is 41.0. The lowest BCUT2D eigenvalue weighted by molar-refractivity contribution is -0.148. The Labute approximate surface area is 165 Å². The molecule has 0 aromatic heterocycles. The lowest BCUT2D eigenvalue weighted by atomic mass is 9.90. The topological polar surface area (TPSA) is 87.2 Å². The standard InChI is InChI=1S/C21H28N2O5/c1-3-28-18-9-5-4-7-16(18)19(24)23-10-6-8-17(23)20(25)22-12-14(2)11-15(13-22)21(26)27/h4-5,7,9,14-15,17H,3,6,8,10-13H2,1-2H3,(H,26,27). The van der Waals surface area contributed by atoms with E-state index in [9.17, 15) is 19.5 Å². The molecule has 0 spiro atoms. The van der Waals surface area contributed by atoms with Crippen LogP contribution < -0.4 is 4.74 Å². The molecule has 2 fully saturated rings. The van der Waals surface area contributed by atoms with Gasteiger partial charge in [0.25, 0.3) is 5.91 Å². The summed E-state index contributed by atoms with van der Waals surface area (Å²) in [5.74, 6) is -1.11. The minimum absolute atomic E-state index is 0.128. The molecule has 28 heavy (non-hydrogen) atoms. The summed E-state index contributed by atoms with van der Waals surface area (Å²) in [5.41, 5.74) is 0.458. The van der Waals surface area contributed by atoms with E-state index in [1.165, 1.54) is 0 Å². The summed E-state index contributed by atoms with van der Waals surface area (Å²) in [6, 6.07) is 6.54. The van der Waals surface area contributed by atoms with E-state index in [1.54, 1.807) is 28.0 Å². The van der Waals surface area contributed by atoms with Gasteiger partial charge in [-0.2, -0.15) is 0 Å². The van der Waals surface area contributed by atoms with E-state index < -0.39 is 17.9 Å². The molecule has 1 aromatic rings. The van der Waals surface area contributed by atoms with Crippen LogP contribution in [0.4, 0.5) is 0 Å². The van der Waals surface area contributed by atoms with Crippen molar-refractivity contribution in [3.8, 4) is 5.75 Å². The molecule has 0 aliphatic carbocycles. The van der Waals surface area contributed by atoms with Crippen LogP contribution in [0.3, 0.4) is 0 Å². The molecule has 0 saturated carbocycles. The Morgan fingerprint density at radius 2 is 1.96 bits per heavy atom. The van der Waals surface area contributed by atoms with Crippen LogP contribution in [0.15, 0.2) is 24.3 Å². The number of ether oxygens (including phenoxy) is 1. The van der Waals surface area contributed by atoms with Gasteiger partial charge in [-0.15, -0.1) is 0 Å². The van der Waals surface area contributed by atoms with E-state index in [0.717, 1.165) is 6.42 Å². The first kappa shape index (κ1) is 20.2. The largest absolute Gasteiger partial charge is 0.493 e. The van der Waals surface area contributed by atoms with Crippen molar-refractivity contribution in [1.29, 1.82) is 0 Å². The van der Waals surface area contributed by atoms with E-state index in [1.807, 2.05) is 19.9 Å². The Kier molecular flexibility index (Phi) is 6.21. The van der Waals surface area contributed by atoms with Crippen molar-refractivity contribution in [3.05, 3.63) is 29.8 Å². The second-order valence-corrected chi connectivity index (χ2v) is 7.71. The summed E-state index contributed by atoms with van der Waals surface area (Å²) >= 11 is 0. The molecule has 2 aliphatic rings. The van der Waals surface area contributed by atoms with Crippen molar-refractivity contribution in [2.45, 2.75) is 39.2 Å². The zero-order valence-electron chi connectivity index (χ0n) is 16.5. The van der Waals surface area contributed by atoms with Crippen molar-refractivity contribution in [2.75, 3.05) is 26.2 Å². The van der Waals surface area contributed by atoms with E-state index in [2.05, 4.69) is 0 Å². The Morgan fingerprint density at radius 3 is 2.68 bits per heavy atom. The first-order valence-corrected chi connectivity index (χ1v) is 9.96. The Morgan fingerprint density at radius 1 is 1.21 bits per heavy atom. The third-order valence-electron chi connectivity index (χ3n) is 5.54. The Balaban J connectivity index is 1.78. The quantitative estimate of drug-likeness (QED) is 0.836. The van der Waals surface area contributed by atoms with Crippen molar-refractivity contribution in [1.82, 2.24) is 9.80 Å². The normalized spacial score (nSPS) is 24.9. The van der Waals surface area contributed by atoms with Gasteiger partial charge >= 0.3 is 5.97 Å². The van der Waals surface area contributed by atoms with Gasteiger partial charge in [-0.05, 0) is 44.2 Å². The third-order valence-corrected chi connectivity index (χ3v) is 5.54. The van der Waals surface area contributed by atoms with Gasteiger partial charge in [0, 0.05) is 19.6 Å². The molecule has 0 bridgehead atoms. The first-order valence-electron chi connectivity index (χ1n) is 9.96. The number of carbonyl (C=O) groups excluding carboxylic acids is 2. The van der Waals surface area contributed by atoms with Crippen LogP contribution in [0.25, 0.3) is 0 Å². The maximum absolute atomic E-state index is 13.2. The number of hydrogen-bond acceptors (Lipinski definition) is 4. The summed E-state index contributed by atoms with van der Waals surface area (Å²) in [7, 11) is 0. The van der Waals surface area contributed by atoms with Gasteiger partial charge in [-0.25, -0.2) is 0 Å². The van der Waals surface area contributed by atoms with Crippen LogP contribution in [-0.4, -0.2) is 65.0 Å². The van der Waals surface area contributed by atoms with Crippen molar-refractivity contribution in [3.63, 3.8) is 0 Å². The lowest BCUT2D eigenvalue weighted by Crippen LogP contribution is -2.53. The summed E-state index contributed by atoms with van der Waals surface area (Å²) in [5, 5.41) is 9.37. The van der Waals surface area contributed by atoms with E-state index in [-0.39, 0.29) is 24.3 Å². The molecule has 2 saturated heterocycles. The van der Waals surface area contributed by atoms with Gasteiger partial charge in [0.1, 0.15) is 11.8 Å². The third kappa shape index (κ3) is 4.13. The zero-order chi connectivity index (χ0) is 20.3. The van der Waals surface area contributed by atoms with E-state index >= 15 is 0 Å². The molecule has 1 aromatic carbocycles. The predicted molar refractivity (Wildman–Crippen MR) is 103 cm³/mol. The minimum atomic E-state index is -0.866. The van der Waals surface area contributed by atoms with Gasteiger partial charge in [-0.1, -0.05) is 19.1 Å². The molecular weight excluding hydrogens is 360 g/mol. The number of carbonyl (C=O) groups is 3. The number of rotatable bonds is 5. The highest BCUT2D eigenvalue weighted by molar-refractivity contribution is 6.00. The number of benzene rings is 1. The molecular formula is C21H28N2O5. The molecule has 2 amide bonds. The zero-order valence-corrected chi connectivity index (χ0v) is 16.5. The number of nitrogens with zero attached hydrogens (tertiary/aromatic N) is 2. The average molecular weight is 388 g/mol. The molecule has 3 rings (SSSR count). The molecule has 2 heterocycles. The van der Waals surface area contributed by atoms with Crippen LogP contribution in [-0.2, 0) is 9.59 Å². The number of carboxylic acid groups (broad SMARTS) is 1. The number of amides is 2. The Bertz CT molecular complexity index is 750. The lowest BCUT2D eigenvalue weighted by Gasteiger charge is -2.37. The molecule has 3 atom stereocenters. The minimum Gasteiger partial charge on any atom is -0.493 e. The average Bonchev–Trinajstić information content (AvgIpc) is 3.16. The number of aliphatic carboxylic acids is 1. The van der Waals surface area contributed by atoms with E-state index in [0.29, 0.717) is 43.9 Å². The SMILES string of the molecule is CCOc1ccccc1C(=O)N1CCCC1C(=O)N1CC(C)CC(C(=O)O)C1. The number of piperidine rings is 1. The van der Waals surface area contributed by atoms with Crippen molar-refractivity contribution >= 4 is 17.8 Å². The van der Waals surface area contributed by atoms with Gasteiger partial charge in [-0.3, -0.25) is 14.4 Å². The fourth-order valence-corrected chi connectivity index (χ4v) is 4.27. The molecule has 1 N–H and O–H groups in total. The summed E-state index contributed by atoms with van der Waals surface area (Å²) in [6.45, 7) is 5.55. The molecule has 152 valence electrons. The van der Waals surface area contributed by atoms with Crippen LogP contribution >= 0.6 is 0 Å². The number of carboxylic acids is 1. The highest BCUT2D eigenvalue weighted by Gasteiger charge is 2.40. The molecule has 3 unspecified atom stereocenters. The fourth-order valence-electron chi connectivity index (χ4n) is 4.27. The summed E-state index contributed by atoms with van der Waals surface area (Å²) < 4.78 is 5.58. The fraction of sp³-hybridized carbons (Fsp3) is 0.571. The van der Waals surface area contributed by atoms with Crippen LogP contribution in [0.5, 0.6) is 5.75 Å². The first-order chi connectivity index (χ1) is 13.4. The number of likely N-dealkylation sites (tertiary alicyclic amines) is 2. The predicted octanol–water partition coefficient (Wildman–Crippen LogP) is 2.26. The van der Waals surface area contributed by atoms with Crippen molar-refractivity contribution in [2.24, 2.45) is 11.8 Å². The second-order valence-electron chi connectivity index (χ2n) is 7.71. The highest BCUT2D eigenvalue weighted by Crippen LogP contribution is 2.29. The smallest absolute Gasteiger partial charge is 0.308 e. The van der Waals surface area contributed by atoms with Crippen LogP contribution in [0.2, 0.25) is 0 Å². The molecule has 7 nitrogen and oxygen atoms in total. The van der Waals surface area contributed by atoms with Gasteiger partial charge in [0.2, 0.25) is 5.91 Å². The highest BCUT2D eigenvalue weighted by atomic mass is 16.5. The van der Waals surface area contributed by atoms with Crippen molar-refractivity contribution < 1.29 is 24.2 Å². The number of hydrogen-bond donors (Lipinski definition) is 1. The van der Waals surface area contributed by atoms with E-state index in [4.69, 9.17) is 4.74 Å². The van der Waals surface area contributed by atoms with Gasteiger partial charge < -0.3 is 19.6 Å². The van der Waals surface area contributed by atoms with Gasteiger partial charge in [0.05, 0.1) is 18.1 Å². The van der Waals surface area contributed by atoms with Gasteiger partial charge in [0.15, 0.2) is 0 Å². The number of para-hydroxylation sites is 1. The maximum Gasteiger partial charge on any atom is 0.308 e. The second kappa shape index (κ2) is 8.63. The molecule has 2 aliphatic heterocycles. The van der Waals surface area contributed by atoms with Crippen LogP contribution in [0.1, 0.15) is 43.5 Å². The van der Waals surface area contributed by atoms with Crippen LogP contribution in [0, 0.1) is 11.8 Å². The maximum atomic E-state index is 13.2. The molecule has 7 heteroatoms. The molecule has 0 radical (unpaired) electrons.